The van der Waals surface area contributed by atoms with Gasteiger partial charge in [-0.25, -0.2) is 0 Å². The molecule has 0 fully saturated rings. The molecule has 4 heteroatoms. The third-order valence-corrected chi connectivity index (χ3v) is 1.95. The SMILES string of the molecule is CCn1ncc(Cl)c1C(C)(C)O. The molecule has 1 rings (SSSR count). The highest BCUT2D eigenvalue weighted by Gasteiger charge is 2.24. The smallest absolute Gasteiger partial charge is 0.102 e. The Hall–Kier alpha value is -0.540. The van der Waals surface area contributed by atoms with Crippen LogP contribution in [0.1, 0.15) is 26.5 Å². The van der Waals surface area contributed by atoms with Crippen LogP contribution in [0.25, 0.3) is 0 Å². The van der Waals surface area contributed by atoms with E-state index in [0.29, 0.717) is 17.3 Å². The Morgan fingerprint density at radius 3 is 2.58 bits per heavy atom. The largest absolute Gasteiger partial charge is 0.384 e. The predicted octanol–water partition coefficient (Wildman–Crippen LogP) is 1.78. The van der Waals surface area contributed by atoms with E-state index in [9.17, 15) is 5.11 Å². The topological polar surface area (TPSA) is 38.0 Å². The van der Waals surface area contributed by atoms with E-state index in [2.05, 4.69) is 5.10 Å². The van der Waals surface area contributed by atoms with E-state index >= 15 is 0 Å². The summed E-state index contributed by atoms with van der Waals surface area (Å²) in [4.78, 5) is 0. The van der Waals surface area contributed by atoms with Crippen molar-refractivity contribution >= 4 is 11.6 Å². The van der Waals surface area contributed by atoms with Gasteiger partial charge in [-0.2, -0.15) is 5.10 Å². The van der Waals surface area contributed by atoms with Crippen molar-refractivity contribution in [2.75, 3.05) is 0 Å². The van der Waals surface area contributed by atoms with Crippen LogP contribution in [-0.2, 0) is 12.1 Å². The number of aromatic nitrogens is 2. The highest BCUT2D eigenvalue weighted by molar-refractivity contribution is 6.31. The summed E-state index contributed by atoms with van der Waals surface area (Å²) in [5, 5.41) is 14.3. The first-order chi connectivity index (χ1) is 5.46. The summed E-state index contributed by atoms with van der Waals surface area (Å²) in [5.74, 6) is 0. The second kappa shape index (κ2) is 3.07. The molecule has 0 amide bonds. The van der Waals surface area contributed by atoms with Crippen LogP contribution in [0.3, 0.4) is 0 Å². The normalized spacial score (nSPS) is 12.1. The summed E-state index contributed by atoms with van der Waals surface area (Å²) in [6, 6.07) is 0. The molecule has 0 spiro atoms. The van der Waals surface area contributed by atoms with Gasteiger partial charge in [0.15, 0.2) is 0 Å². The summed E-state index contributed by atoms with van der Waals surface area (Å²) in [6.45, 7) is 6.06. The first-order valence-electron chi connectivity index (χ1n) is 3.91. The summed E-state index contributed by atoms with van der Waals surface area (Å²) >= 11 is 5.87. The fourth-order valence-corrected chi connectivity index (χ4v) is 1.58. The fourth-order valence-electron chi connectivity index (χ4n) is 1.21. The second-order valence-corrected chi connectivity index (χ2v) is 3.62. The third-order valence-electron chi connectivity index (χ3n) is 1.67. The molecule has 1 aromatic heterocycles. The standard InChI is InChI=1S/C8H13ClN2O/c1-4-11-7(8(2,3)12)6(9)5-10-11/h5,12H,4H2,1-3H3. The summed E-state index contributed by atoms with van der Waals surface area (Å²) < 4.78 is 1.70. The lowest BCUT2D eigenvalue weighted by atomic mass is 10.1. The number of halogens is 1. The molecule has 1 heterocycles. The van der Waals surface area contributed by atoms with Gasteiger partial charge in [0.2, 0.25) is 0 Å². The minimum atomic E-state index is -0.927. The highest BCUT2D eigenvalue weighted by Crippen LogP contribution is 2.26. The molecule has 3 nitrogen and oxygen atoms in total. The summed E-state index contributed by atoms with van der Waals surface area (Å²) in [6.07, 6.45) is 1.55. The lowest BCUT2D eigenvalue weighted by Crippen LogP contribution is -2.21. The van der Waals surface area contributed by atoms with Gasteiger partial charge in [-0.05, 0) is 20.8 Å². The minimum absolute atomic E-state index is 0.518. The van der Waals surface area contributed by atoms with E-state index < -0.39 is 5.60 Å². The van der Waals surface area contributed by atoms with E-state index in [0.717, 1.165) is 0 Å². The van der Waals surface area contributed by atoms with Crippen LogP contribution in [-0.4, -0.2) is 14.9 Å². The van der Waals surface area contributed by atoms with Gasteiger partial charge in [0.1, 0.15) is 5.60 Å². The van der Waals surface area contributed by atoms with E-state index in [1.807, 2.05) is 6.92 Å². The average Bonchev–Trinajstić information content (AvgIpc) is 2.29. The van der Waals surface area contributed by atoms with Crippen LogP contribution in [0.4, 0.5) is 0 Å². The van der Waals surface area contributed by atoms with Crippen molar-refractivity contribution in [3.8, 4) is 0 Å². The van der Waals surface area contributed by atoms with Crippen molar-refractivity contribution in [3.05, 3.63) is 16.9 Å². The third kappa shape index (κ3) is 1.62. The summed E-state index contributed by atoms with van der Waals surface area (Å²) in [7, 11) is 0. The number of hydrogen-bond donors (Lipinski definition) is 1. The van der Waals surface area contributed by atoms with Gasteiger partial charge in [0.25, 0.3) is 0 Å². The van der Waals surface area contributed by atoms with Crippen molar-refractivity contribution in [2.24, 2.45) is 0 Å². The van der Waals surface area contributed by atoms with Crippen molar-refractivity contribution in [3.63, 3.8) is 0 Å². The molecule has 0 aromatic carbocycles. The van der Waals surface area contributed by atoms with Gasteiger partial charge in [0.05, 0.1) is 16.9 Å². The molecule has 0 saturated heterocycles. The number of aryl methyl sites for hydroxylation is 1. The van der Waals surface area contributed by atoms with Crippen LogP contribution in [0.5, 0.6) is 0 Å². The highest BCUT2D eigenvalue weighted by atomic mass is 35.5. The maximum Gasteiger partial charge on any atom is 0.102 e. The van der Waals surface area contributed by atoms with E-state index in [1.165, 1.54) is 0 Å². The van der Waals surface area contributed by atoms with E-state index in [-0.39, 0.29) is 0 Å². The Morgan fingerprint density at radius 2 is 2.25 bits per heavy atom. The van der Waals surface area contributed by atoms with Crippen LogP contribution < -0.4 is 0 Å². The number of hydrogen-bond acceptors (Lipinski definition) is 2. The van der Waals surface area contributed by atoms with Crippen molar-refractivity contribution in [2.45, 2.75) is 32.9 Å². The van der Waals surface area contributed by atoms with Crippen LogP contribution in [0, 0.1) is 0 Å². The zero-order valence-corrected chi connectivity index (χ0v) is 8.26. The molecule has 0 radical (unpaired) electrons. The van der Waals surface area contributed by atoms with Crippen LogP contribution in [0.15, 0.2) is 6.20 Å². The lowest BCUT2D eigenvalue weighted by Gasteiger charge is -2.18. The van der Waals surface area contributed by atoms with Crippen molar-refractivity contribution in [1.82, 2.24) is 9.78 Å². The molecule has 1 aromatic rings. The van der Waals surface area contributed by atoms with Crippen molar-refractivity contribution < 1.29 is 5.11 Å². The predicted molar refractivity (Wildman–Crippen MR) is 48.2 cm³/mol. The molecular weight excluding hydrogens is 176 g/mol. The van der Waals surface area contributed by atoms with Gasteiger partial charge in [-0.15, -0.1) is 0 Å². The van der Waals surface area contributed by atoms with Gasteiger partial charge >= 0.3 is 0 Å². The Balaban J connectivity index is 3.19. The monoisotopic (exact) mass is 188 g/mol. The molecule has 0 unspecified atom stereocenters. The van der Waals surface area contributed by atoms with Gasteiger partial charge < -0.3 is 5.11 Å². The van der Waals surface area contributed by atoms with Gasteiger partial charge in [0, 0.05) is 6.54 Å². The first-order valence-corrected chi connectivity index (χ1v) is 4.28. The van der Waals surface area contributed by atoms with Crippen LogP contribution >= 0.6 is 11.6 Å². The Morgan fingerprint density at radius 1 is 1.67 bits per heavy atom. The molecule has 0 aliphatic carbocycles. The van der Waals surface area contributed by atoms with Gasteiger partial charge in [-0.1, -0.05) is 11.6 Å². The molecule has 0 aliphatic heterocycles. The molecule has 0 aliphatic rings. The van der Waals surface area contributed by atoms with Crippen LogP contribution in [0.2, 0.25) is 5.02 Å². The Kier molecular flexibility index (Phi) is 2.44. The second-order valence-electron chi connectivity index (χ2n) is 3.22. The minimum Gasteiger partial charge on any atom is -0.384 e. The zero-order chi connectivity index (χ0) is 9.35. The average molecular weight is 189 g/mol. The fraction of sp³-hybridized carbons (Fsp3) is 0.625. The molecule has 0 bridgehead atoms. The van der Waals surface area contributed by atoms with Gasteiger partial charge in [-0.3, -0.25) is 4.68 Å². The maximum atomic E-state index is 9.73. The maximum absolute atomic E-state index is 9.73. The molecular formula is C8H13ClN2O. The molecule has 12 heavy (non-hydrogen) atoms. The Bertz CT molecular complexity index is 275. The number of rotatable bonds is 2. The quantitative estimate of drug-likeness (QED) is 0.769. The first kappa shape index (κ1) is 9.55. The summed E-state index contributed by atoms with van der Waals surface area (Å²) in [5.41, 5.74) is -0.254. The number of nitrogens with zero attached hydrogens (tertiary/aromatic N) is 2. The molecule has 68 valence electrons. The zero-order valence-electron chi connectivity index (χ0n) is 7.50. The molecule has 0 atom stereocenters. The van der Waals surface area contributed by atoms with Crippen molar-refractivity contribution in [1.29, 1.82) is 0 Å². The van der Waals surface area contributed by atoms with E-state index in [4.69, 9.17) is 11.6 Å². The molecule has 1 N–H and O–H groups in total. The Labute approximate surface area is 77.0 Å². The lowest BCUT2D eigenvalue weighted by molar-refractivity contribution is 0.0686. The molecule has 0 saturated carbocycles. The van der Waals surface area contributed by atoms with E-state index in [1.54, 1.807) is 24.7 Å². The number of aliphatic hydroxyl groups is 1.